The van der Waals surface area contributed by atoms with Crippen molar-refractivity contribution in [3.63, 3.8) is 0 Å². The van der Waals surface area contributed by atoms with Crippen LogP contribution in [-0.2, 0) is 24.1 Å². The monoisotopic (exact) mass is 367 g/mol. The summed E-state index contributed by atoms with van der Waals surface area (Å²) in [7, 11) is 0. The van der Waals surface area contributed by atoms with Gasteiger partial charge in [-0.05, 0) is 80.0 Å². The first-order valence-corrected chi connectivity index (χ1v) is 9.93. The molecule has 0 radical (unpaired) electrons. The van der Waals surface area contributed by atoms with Gasteiger partial charge in [-0.3, -0.25) is 4.79 Å². The summed E-state index contributed by atoms with van der Waals surface area (Å²) in [6.45, 7) is 4.78. The number of carbonyl (C=O) groups is 1. The molecule has 0 heterocycles. The van der Waals surface area contributed by atoms with E-state index in [1.54, 1.807) is 6.92 Å². The van der Waals surface area contributed by atoms with Gasteiger partial charge in [-0.2, -0.15) is 0 Å². The van der Waals surface area contributed by atoms with Crippen molar-refractivity contribution in [1.82, 2.24) is 5.32 Å². The number of aryl methyl sites for hydroxylation is 3. The average Bonchev–Trinajstić information content (AvgIpc) is 2.71. The summed E-state index contributed by atoms with van der Waals surface area (Å²) in [6.07, 6.45) is 5.22. The summed E-state index contributed by atoms with van der Waals surface area (Å²) >= 11 is 0. The molecule has 0 fully saturated rings. The van der Waals surface area contributed by atoms with Crippen molar-refractivity contribution in [3.05, 3.63) is 59.2 Å². The van der Waals surface area contributed by atoms with E-state index in [1.807, 2.05) is 18.2 Å². The van der Waals surface area contributed by atoms with Gasteiger partial charge in [-0.1, -0.05) is 25.1 Å². The van der Waals surface area contributed by atoms with Crippen LogP contribution in [0.4, 0.5) is 0 Å². The van der Waals surface area contributed by atoms with Crippen LogP contribution >= 0.6 is 0 Å². The highest BCUT2D eigenvalue weighted by Gasteiger charge is 2.16. The number of hydrogen-bond donors (Lipinski definition) is 1. The molecule has 1 aliphatic carbocycles. The van der Waals surface area contributed by atoms with Crippen LogP contribution in [-0.4, -0.2) is 25.2 Å². The number of rotatable bonds is 8. The van der Waals surface area contributed by atoms with E-state index in [0.29, 0.717) is 13.2 Å². The number of ether oxygens (including phenoxy) is 2. The summed E-state index contributed by atoms with van der Waals surface area (Å²) in [5.74, 6) is 1.46. The Kier molecular flexibility index (Phi) is 6.74. The second kappa shape index (κ2) is 9.45. The minimum atomic E-state index is -0.532. The van der Waals surface area contributed by atoms with Crippen molar-refractivity contribution in [2.75, 3.05) is 13.2 Å². The Morgan fingerprint density at radius 3 is 2.48 bits per heavy atom. The Morgan fingerprint density at radius 1 is 1.04 bits per heavy atom. The minimum absolute atomic E-state index is 0.127. The third-order valence-electron chi connectivity index (χ3n) is 5.00. The van der Waals surface area contributed by atoms with Crippen molar-refractivity contribution in [2.45, 2.75) is 52.1 Å². The van der Waals surface area contributed by atoms with Crippen LogP contribution in [0.2, 0.25) is 0 Å². The predicted molar refractivity (Wildman–Crippen MR) is 107 cm³/mol. The lowest BCUT2D eigenvalue weighted by molar-refractivity contribution is -0.127. The third-order valence-corrected chi connectivity index (χ3v) is 5.00. The molecule has 0 spiro atoms. The maximum Gasteiger partial charge on any atom is 0.260 e. The Hall–Kier alpha value is -2.49. The third kappa shape index (κ3) is 5.49. The van der Waals surface area contributed by atoms with Crippen LogP contribution < -0.4 is 14.8 Å². The van der Waals surface area contributed by atoms with Crippen molar-refractivity contribution in [1.29, 1.82) is 0 Å². The van der Waals surface area contributed by atoms with Crippen LogP contribution in [0.3, 0.4) is 0 Å². The first-order chi connectivity index (χ1) is 13.2. The van der Waals surface area contributed by atoms with E-state index in [2.05, 4.69) is 36.5 Å². The van der Waals surface area contributed by atoms with Gasteiger partial charge in [-0.25, -0.2) is 0 Å². The van der Waals surface area contributed by atoms with Gasteiger partial charge in [-0.15, -0.1) is 0 Å². The number of nitrogens with one attached hydrogen (secondary N) is 1. The van der Waals surface area contributed by atoms with Gasteiger partial charge >= 0.3 is 0 Å². The van der Waals surface area contributed by atoms with E-state index in [-0.39, 0.29) is 5.91 Å². The average molecular weight is 367 g/mol. The molecular formula is C23H29NO3. The summed E-state index contributed by atoms with van der Waals surface area (Å²) in [6, 6.07) is 14.2. The summed E-state index contributed by atoms with van der Waals surface area (Å²) in [4.78, 5) is 12.2. The molecule has 0 saturated carbocycles. The zero-order valence-corrected chi connectivity index (χ0v) is 16.3. The standard InChI is InChI=1S/C23H29NO3/c1-3-18-8-11-21(12-9-18)26-15-14-24-23(25)17(2)27-22-13-10-19-6-4-5-7-20(19)16-22/h8-13,16-17H,3-7,14-15H2,1-2H3,(H,24,25)/t17-/m1/s1. The summed E-state index contributed by atoms with van der Waals surface area (Å²) < 4.78 is 11.5. The van der Waals surface area contributed by atoms with Gasteiger partial charge in [0.25, 0.3) is 5.91 Å². The van der Waals surface area contributed by atoms with Crippen LogP contribution in [0.15, 0.2) is 42.5 Å². The van der Waals surface area contributed by atoms with Gasteiger partial charge in [0.2, 0.25) is 0 Å². The highest BCUT2D eigenvalue weighted by molar-refractivity contribution is 5.80. The number of benzene rings is 2. The normalized spacial score (nSPS) is 14.1. The number of carbonyl (C=O) groups excluding carboxylic acids is 1. The molecule has 0 saturated heterocycles. The highest BCUT2D eigenvalue weighted by Crippen LogP contribution is 2.25. The molecule has 2 aromatic rings. The Labute approximate surface area is 161 Å². The lowest BCUT2D eigenvalue weighted by Gasteiger charge is -2.19. The topological polar surface area (TPSA) is 47.6 Å². The zero-order chi connectivity index (χ0) is 19.1. The van der Waals surface area contributed by atoms with Gasteiger partial charge in [0.05, 0.1) is 6.54 Å². The fraction of sp³-hybridized carbons (Fsp3) is 0.435. The number of fused-ring (bicyclic) bond motifs is 1. The molecule has 0 aromatic heterocycles. The summed E-state index contributed by atoms with van der Waals surface area (Å²) in [5, 5.41) is 2.87. The van der Waals surface area contributed by atoms with Gasteiger partial charge in [0.15, 0.2) is 6.10 Å². The van der Waals surface area contributed by atoms with E-state index in [9.17, 15) is 4.79 Å². The Morgan fingerprint density at radius 2 is 1.74 bits per heavy atom. The lowest BCUT2D eigenvalue weighted by atomic mass is 9.92. The maximum atomic E-state index is 12.2. The second-order valence-electron chi connectivity index (χ2n) is 7.03. The van der Waals surface area contributed by atoms with E-state index >= 15 is 0 Å². The first-order valence-electron chi connectivity index (χ1n) is 9.93. The summed E-state index contributed by atoms with van der Waals surface area (Å²) in [5.41, 5.74) is 4.05. The molecule has 2 aromatic carbocycles. The highest BCUT2D eigenvalue weighted by atomic mass is 16.5. The molecular weight excluding hydrogens is 338 g/mol. The number of amides is 1. The molecule has 1 N–H and O–H groups in total. The molecule has 0 bridgehead atoms. The molecule has 1 atom stereocenters. The maximum absolute atomic E-state index is 12.2. The second-order valence-corrected chi connectivity index (χ2v) is 7.03. The predicted octanol–water partition coefficient (Wildman–Crippen LogP) is 4.09. The van der Waals surface area contributed by atoms with Crippen molar-refractivity contribution in [3.8, 4) is 11.5 Å². The van der Waals surface area contributed by atoms with Crippen molar-refractivity contribution >= 4 is 5.91 Å². The lowest BCUT2D eigenvalue weighted by Crippen LogP contribution is -2.38. The van der Waals surface area contributed by atoms with Crippen LogP contribution in [0, 0.1) is 0 Å². The Balaban J connectivity index is 1.41. The fourth-order valence-electron chi connectivity index (χ4n) is 3.35. The quantitative estimate of drug-likeness (QED) is 0.715. The zero-order valence-electron chi connectivity index (χ0n) is 16.3. The van der Waals surface area contributed by atoms with E-state index < -0.39 is 6.10 Å². The van der Waals surface area contributed by atoms with Crippen molar-refractivity contribution in [2.24, 2.45) is 0 Å². The van der Waals surface area contributed by atoms with Gasteiger partial charge in [0.1, 0.15) is 18.1 Å². The van der Waals surface area contributed by atoms with Gasteiger partial charge in [0, 0.05) is 0 Å². The minimum Gasteiger partial charge on any atom is -0.492 e. The molecule has 0 aliphatic heterocycles. The van der Waals surface area contributed by atoms with E-state index in [0.717, 1.165) is 30.8 Å². The van der Waals surface area contributed by atoms with Crippen LogP contribution in [0.25, 0.3) is 0 Å². The molecule has 27 heavy (non-hydrogen) atoms. The first kappa shape index (κ1) is 19.3. The van der Waals surface area contributed by atoms with E-state index in [4.69, 9.17) is 9.47 Å². The van der Waals surface area contributed by atoms with Gasteiger partial charge < -0.3 is 14.8 Å². The van der Waals surface area contributed by atoms with Crippen LogP contribution in [0.1, 0.15) is 43.4 Å². The molecule has 4 nitrogen and oxygen atoms in total. The Bertz CT molecular complexity index is 755. The van der Waals surface area contributed by atoms with Crippen molar-refractivity contribution < 1.29 is 14.3 Å². The molecule has 144 valence electrons. The number of hydrogen-bond acceptors (Lipinski definition) is 3. The fourth-order valence-corrected chi connectivity index (χ4v) is 3.35. The molecule has 0 unspecified atom stereocenters. The molecule has 3 rings (SSSR count). The van der Waals surface area contributed by atoms with E-state index in [1.165, 1.54) is 29.5 Å². The molecule has 4 heteroatoms. The van der Waals surface area contributed by atoms with Crippen LogP contribution in [0.5, 0.6) is 11.5 Å². The molecule has 1 amide bonds. The molecule has 1 aliphatic rings. The largest absolute Gasteiger partial charge is 0.492 e. The smallest absolute Gasteiger partial charge is 0.260 e. The SMILES string of the molecule is CCc1ccc(OCCNC(=O)[C@@H](C)Oc2ccc3c(c2)CCCC3)cc1.